The molecule has 0 saturated heterocycles. The van der Waals surface area contributed by atoms with E-state index in [0.29, 0.717) is 0 Å². The zero-order valence-electron chi connectivity index (χ0n) is 6.04. The zero-order valence-corrected chi connectivity index (χ0v) is 6.04. The van der Waals surface area contributed by atoms with Crippen molar-refractivity contribution in [2.75, 3.05) is 0 Å². The summed E-state index contributed by atoms with van der Waals surface area (Å²) in [6, 6.07) is 0. The average Bonchev–Trinajstić information content (AvgIpc) is 2.31. The maximum absolute atomic E-state index is 11.8. The normalized spacial score (nSPS) is 12.0. The molecular weight excluding hydrogens is 173 g/mol. The summed E-state index contributed by atoms with van der Waals surface area (Å²) >= 11 is 0. The highest BCUT2D eigenvalue weighted by molar-refractivity contribution is 4.84. The lowest BCUT2D eigenvalue weighted by atomic mass is 10.5. The van der Waals surface area contributed by atoms with Gasteiger partial charge in [-0.15, -0.1) is 10.2 Å². The standard InChI is InChI=1S/C5H7F3N4/c6-5(7,8)2-12-3-10-11-4(12)1-9/h3H,1-2,9H2. The van der Waals surface area contributed by atoms with Crippen LogP contribution in [0.5, 0.6) is 0 Å². The van der Waals surface area contributed by atoms with Gasteiger partial charge in [0.1, 0.15) is 18.7 Å². The topological polar surface area (TPSA) is 56.7 Å². The Labute approximate surface area is 66.2 Å². The fourth-order valence-electron chi connectivity index (χ4n) is 0.762. The van der Waals surface area contributed by atoms with Gasteiger partial charge in [0.05, 0.1) is 6.54 Å². The molecule has 0 spiro atoms. The molecule has 1 heterocycles. The minimum Gasteiger partial charge on any atom is -0.324 e. The number of nitrogens with zero attached hydrogens (tertiary/aromatic N) is 3. The Hall–Kier alpha value is -1.11. The molecule has 68 valence electrons. The number of alkyl halides is 3. The molecule has 0 bridgehead atoms. The van der Waals surface area contributed by atoms with Crippen LogP contribution in [0, 0.1) is 0 Å². The van der Waals surface area contributed by atoms with Crippen molar-refractivity contribution in [3.63, 3.8) is 0 Å². The smallest absolute Gasteiger partial charge is 0.324 e. The monoisotopic (exact) mass is 180 g/mol. The van der Waals surface area contributed by atoms with Gasteiger partial charge in [0, 0.05) is 0 Å². The number of aromatic nitrogens is 3. The maximum Gasteiger partial charge on any atom is 0.406 e. The summed E-state index contributed by atoms with van der Waals surface area (Å²) in [4.78, 5) is 0. The highest BCUT2D eigenvalue weighted by atomic mass is 19.4. The SMILES string of the molecule is NCc1nncn1CC(F)(F)F. The van der Waals surface area contributed by atoms with Crippen molar-refractivity contribution in [2.45, 2.75) is 19.3 Å². The largest absolute Gasteiger partial charge is 0.406 e. The predicted octanol–water partition coefficient (Wildman–Crippen LogP) is 0.299. The number of rotatable bonds is 2. The Balaban J connectivity index is 2.75. The molecule has 0 radical (unpaired) electrons. The first-order valence-corrected chi connectivity index (χ1v) is 3.16. The van der Waals surface area contributed by atoms with Gasteiger partial charge in [-0.05, 0) is 0 Å². The lowest BCUT2D eigenvalue weighted by Crippen LogP contribution is -2.20. The van der Waals surface area contributed by atoms with E-state index in [2.05, 4.69) is 10.2 Å². The summed E-state index contributed by atoms with van der Waals surface area (Å²) < 4.78 is 36.3. The summed E-state index contributed by atoms with van der Waals surface area (Å²) in [6.07, 6.45) is -3.25. The quantitative estimate of drug-likeness (QED) is 0.712. The zero-order chi connectivity index (χ0) is 9.19. The van der Waals surface area contributed by atoms with Crippen molar-refractivity contribution in [1.82, 2.24) is 14.8 Å². The number of hydrogen-bond donors (Lipinski definition) is 1. The third kappa shape index (κ3) is 2.19. The van der Waals surface area contributed by atoms with E-state index < -0.39 is 12.7 Å². The first-order valence-electron chi connectivity index (χ1n) is 3.16. The molecule has 0 aromatic carbocycles. The molecule has 0 saturated carbocycles. The van der Waals surface area contributed by atoms with Gasteiger partial charge < -0.3 is 10.3 Å². The highest BCUT2D eigenvalue weighted by Crippen LogP contribution is 2.17. The fraction of sp³-hybridized carbons (Fsp3) is 0.600. The molecule has 4 nitrogen and oxygen atoms in total. The summed E-state index contributed by atoms with van der Waals surface area (Å²) in [5.74, 6) is 0.132. The van der Waals surface area contributed by atoms with E-state index in [1.807, 2.05) is 0 Å². The Kier molecular flexibility index (Phi) is 2.32. The number of halogens is 3. The summed E-state index contributed by atoms with van der Waals surface area (Å²) in [5.41, 5.74) is 5.12. The Morgan fingerprint density at radius 1 is 1.50 bits per heavy atom. The lowest BCUT2D eigenvalue weighted by Gasteiger charge is -2.07. The molecule has 0 unspecified atom stereocenters. The molecule has 1 aromatic rings. The molecule has 12 heavy (non-hydrogen) atoms. The molecular formula is C5H7F3N4. The van der Waals surface area contributed by atoms with Crippen LogP contribution in [0.15, 0.2) is 6.33 Å². The van der Waals surface area contributed by atoms with Crippen molar-refractivity contribution in [3.05, 3.63) is 12.2 Å². The van der Waals surface area contributed by atoms with Crippen LogP contribution in [0.1, 0.15) is 5.82 Å². The molecule has 1 rings (SSSR count). The second-order valence-electron chi connectivity index (χ2n) is 2.19. The van der Waals surface area contributed by atoms with Crippen molar-refractivity contribution < 1.29 is 13.2 Å². The third-order valence-corrected chi connectivity index (χ3v) is 1.23. The molecule has 0 atom stereocenters. The molecule has 0 aliphatic rings. The second-order valence-corrected chi connectivity index (χ2v) is 2.19. The Bertz CT molecular complexity index is 253. The Morgan fingerprint density at radius 2 is 2.17 bits per heavy atom. The first kappa shape index (κ1) is 8.98. The first-order chi connectivity index (χ1) is 5.53. The van der Waals surface area contributed by atoms with Crippen molar-refractivity contribution in [3.8, 4) is 0 Å². The third-order valence-electron chi connectivity index (χ3n) is 1.23. The van der Waals surface area contributed by atoms with Crippen LogP contribution in [-0.2, 0) is 13.1 Å². The highest BCUT2D eigenvalue weighted by Gasteiger charge is 2.28. The molecule has 0 aliphatic heterocycles. The minimum atomic E-state index is -4.26. The van der Waals surface area contributed by atoms with Crippen LogP contribution in [0.25, 0.3) is 0 Å². The van der Waals surface area contributed by atoms with Crippen molar-refractivity contribution in [2.24, 2.45) is 5.73 Å². The molecule has 1 aromatic heterocycles. The van der Waals surface area contributed by atoms with Crippen LogP contribution in [0.3, 0.4) is 0 Å². The van der Waals surface area contributed by atoms with E-state index in [1.165, 1.54) is 0 Å². The fourth-order valence-corrected chi connectivity index (χ4v) is 0.762. The van der Waals surface area contributed by atoms with Gasteiger partial charge in [-0.1, -0.05) is 0 Å². The van der Waals surface area contributed by atoms with E-state index in [9.17, 15) is 13.2 Å². The van der Waals surface area contributed by atoms with Crippen molar-refractivity contribution >= 4 is 0 Å². The van der Waals surface area contributed by atoms with Gasteiger partial charge in [0.25, 0.3) is 0 Å². The van der Waals surface area contributed by atoms with E-state index in [1.54, 1.807) is 0 Å². The predicted molar refractivity (Wildman–Crippen MR) is 34.0 cm³/mol. The summed E-state index contributed by atoms with van der Waals surface area (Å²) in [5, 5.41) is 6.72. The van der Waals surface area contributed by atoms with Crippen LogP contribution in [0.2, 0.25) is 0 Å². The van der Waals surface area contributed by atoms with Gasteiger partial charge in [0.2, 0.25) is 0 Å². The number of nitrogens with two attached hydrogens (primary N) is 1. The van der Waals surface area contributed by atoms with E-state index in [0.717, 1.165) is 10.9 Å². The van der Waals surface area contributed by atoms with E-state index in [4.69, 9.17) is 5.73 Å². The van der Waals surface area contributed by atoms with Crippen LogP contribution in [-0.4, -0.2) is 20.9 Å². The lowest BCUT2D eigenvalue weighted by molar-refractivity contribution is -0.141. The van der Waals surface area contributed by atoms with Gasteiger partial charge in [0.15, 0.2) is 0 Å². The van der Waals surface area contributed by atoms with Gasteiger partial charge in [-0.2, -0.15) is 13.2 Å². The van der Waals surface area contributed by atoms with Crippen LogP contribution >= 0.6 is 0 Å². The van der Waals surface area contributed by atoms with E-state index >= 15 is 0 Å². The summed E-state index contributed by atoms with van der Waals surface area (Å²) in [7, 11) is 0. The second kappa shape index (κ2) is 3.10. The minimum absolute atomic E-state index is 0.0456. The Morgan fingerprint density at radius 3 is 2.67 bits per heavy atom. The summed E-state index contributed by atoms with van der Waals surface area (Å²) in [6.45, 7) is -1.14. The molecule has 7 heteroatoms. The van der Waals surface area contributed by atoms with Gasteiger partial charge >= 0.3 is 6.18 Å². The average molecular weight is 180 g/mol. The van der Waals surface area contributed by atoms with Crippen LogP contribution < -0.4 is 5.73 Å². The molecule has 0 amide bonds. The van der Waals surface area contributed by atoms with Crippen molar-refractivity contribution in [1.29, 1.82) is 0 Å². The van der Waals surface area contributed by atoms with E-state index in [-0.39, 0.29) is 12.4 Å². The molecule has 0 aliphatic carbocycles. The molecule has 0 fully saturated rings. The van der Waals surface area contributed by atoms with Gasteiger partial charge in [-0.25, -0.2) is 0 Å². The molecule has 2 N–H and O–H groups in total. The maximum atomic E-state index is 11.8. The van der Waals surface area contributed by atoms with Crippen LogP contribution in [0.4, 0.5) is 13.2 Å². The number of hydrogen-bond acceptors (Lipinski definition) is 3. The van der Waals surface area contributed by atoms with Gasteiger partial charge in [-0.3, -0.25) is 0 Å².